The summed E-state index contributed by atoms with van der Waals surface area (Å²) in [6.45, 7) is 1.55. The molecule has 0 aliphatic carbocycles. The molecule has 0 aliphatic heterocycles. The molecule has 0 saturated heterocycles. The van der Waals surface area contributed by atoms with Crippen LogP contribution < -0.4 is 4.74 Å². The second-order valence-corrected chi connectivity index (χ2v) is 5.12. The van der Waals surface area contributed by atoms with E-state index in [1.165, 1.54) is 0 Å². The van der Waals surface area contributed by atoms with Crippen LogP contribution in [0.4, 0.5) is 0 Å². The van der Waals surface area contributed by atoms with E-state index in [1.54, 1.807) is 4.52 Å². The molecule has 0 fully saturated rings. The molecule has 0 N–H and O–H groups in total. The van der Waals surface area contributed by atoms with Crippen molar-refractivity contribution in [2.75, 3.05) is 27.2 Å². The van der Waals surface area contributed by atoms with Crippen molar-refractivity contribution in [3.05, 3.63) is 48.7 Å². The van der Waals surface area contributed by atoms with Gasteiger partial charge in [0.25, 0.3) is 0 Å². The third kappa shape index (κ3) is 3.20. The zero-order valence-corrected chi connectivity index (χ0v) is 12.2. The van der Waals surface area contributed by atoms with Crippen LogP contribution in [0.3, 0.4) is 0 Å². The van der Waals surface area contributed by atoms with Crippen LogP contribution in [0.2, 0.25) is 0 Å². The third-order valence-electron chi connectivity index (χ3n) is 3.14. The van der Waals surface area contributed by atoms with Crippen LogP contribution in [-0.4, -0.2) is 46.7 Å². The van der Waals surface area contributed by atoms with Crippen molar-refractivity contribution in [3.63, 3.8) is 0 Å². The molecule has 108 valence electrons. The van der Waals surface area contributed by atoms with Crippen molar-refractivity contribution in [2.24, 2.45) is 0 Å². The second-order valence-electron chi connectivity index (χ2n) is 5.12. The van der Waals surface area contributed by atoms with Gasteiger partial charge in [0.2, 0.25) is 0 Å². The first-order chi connectivity index (χ1) is 10.2. The molecule has 0 bridgehead atoms. The lowest BCUT2D eigenvalue weighted by molar-refractivity contribution is 0.261. The smallest absolute Gasteiger partial charge is 0.182 e. The molecule has 0 amide bonds. The Balaban J connectivity index is 1.81. The summed E-state index contributed by atoms with van der Waals surface area (Å²) >= 11 is 0. The van der Waals surface area contributed by atoms with E-state index >= 15 is 0 Å². The molecule has 3 aromatic rings. The molecule has 0 unspecified atom stereocenters. The van der Waals surface area contributed by atoms with Crippen LogP contribution in [-0.2, 0) is 0 Å². The molecule has 0 atom stereocenters. The number of hydrogen-bond donors (Lipinski definition) is 0. The van der Waals surface area contributed by atoms with Crippen LogP contribution in [0, 0.1) is 0 Å². The van der Waals surface area contributed by atoms with E-state index in [0.717, 1.165) is 23.5 Å². The topological polar surface area (TPSA) is 42.7 Å². The van der Waals surface area contributed by atoms with Gasteiger partial charge < -0.3 is 9.64 Å². The zero-order chi connectivity index (χ0) is 14.7. The van der Waals surface area contributed by atoms with E-state index in [4.69, 9.17) is 4.74 Å². The highest BCUT2D eigenvalue weighted by atomic mass is 16.5. The molecule has 2 heterocycles. The molecule has 0 aliphatic rings. The second kappa shape index (κ2) is 5.93. The van der Waals surface area contributed by atoms with E-state index in [0.29, 0.717) is 12.4 Å². The fraction of sp³-hybridized carbons (Fsp3) is 0.250. The average molecular weight is 282 g/mol. The van der Waals surface area contributed by atoms with Gasteiger partial charge in [0.15, 0.2) is 11.5 Å². The fourth-order valence-corrected chi connectivity index (χ4v) is 2.02. The van der Waals surface area contributed by atoms with Gasteiger partial charge in [0.1, 0.15) is 12.4 Å². The summed E-state index contributed by atoms with van der Waals surface area (Å²) in [5, 5.41) is 4.47. The molecule has 3 rings (SSSR count). The van der Waals surface area contributed by atoms with Crippen LogP contribution in [0.1, 0.15) is 0 Å². The van der Waals surface area contributed by atoms with Gasteiger partial charge in [0.05, 0.1) is 0 Å². The molecule has 0 radical (unpaired) electrons. The van der Waals surface area contributed by atoms with E-state index in [1.807, 2.05) is 62.8 Å². The minimum atomic E-state index is 0.662. The number of pyridine rings is 1. The number of benzene rings is 1. The monoisotopic (exact) mass is 282 g/mol. The number of hydrogen-bond acceptors (Lipinski definition) is 4. The van der Waals surface area contributed by atoms with E-state index in [9.17, 15) is 0 Å². The molecular formula is C16H18N4O. The number of fused-ring (bicyclic) bond motifs is 1. The largest absolute Gasteiger partial charge is 0.492 e. The van der Waals surface area contributed by atoms with Crippen molar-refractivity contribution in [1.29, 1.82) is 0 Å². The summed E-state index contributed by atoms with van der Waals surface area (Å²) in [6, 6.07) is 13.7. The fourth-order valence-electron chi connectivity index (χ4n) is 2.02. The summed E-state index contributed by atoms with van der Waals surface area (Å²) in [7, 11) is 4.06. The third-order valence-corrected chi connectivity index (χ3v) is 3.14. The molecule has 21 heavy (non-hydrogen) atoms. The normalized spacial score (nSPS) is 11.2. The Hall–Kier alpha value is -2.40. The van der Waals surface area contributed by atoms with E-state index in [2.05, 4.69) is 15.0 Å². The zero-order valence-electron chi connectivity index (χ0n) is 12.2. The number of ether oxygens (including phenoxy) is 1. The first-order valence-electron chi connectivity index (χ1n) is 6.92. The predicted molar refractivity (Wildman–Crippen MR) is 82.5 cm³/mol. The lowest BCUT2D eigenvalue weighted by Gasteiger charge is -2.11. The van der Waals surface area contributed by atoms with Gasteiger partial charge in [-0.2, -0.15) is 0 Å². The summed E-state index contributed by atoms with van der Waals surface area (Å²) in [4.78, 5) is 6.61. The molecule has 0 spiro atoms. The molecule has 0 saturated carbocycles. The molecule has 5 nitrogen and oxygen atoms in total. The van der Waals surface area contributed by atoms with Crippen molar-refractivity contribution >= 4 is 5.65 Å². The maximum Gasteiger partial charge on any atom is 0.182 e. The average Bonchev–Trinajstić information content (AvgIpc) is 2.91. The summed E-state index contributed by atoms with van der Waals surface area (Å²) in [6.07, 6.45) is 1.89. The van der Waals surface area contributed by atoms with Gasteiger partial charge in [-0.25, -0.2) is 9.50 Å². The standard InChI is InChI=1S/C16H18N4O/c1-19(2)10-11-21-14-7-5-6-13(12-14)16-17-15-8-3-4-9-20(15)18-16/h3-9,12H,10-11H2,1-2H3. The Morgan fingerprint density at radius 2 is 2.05 bits per heavy atom. The van der Waals surface area contributed by atoms with Gasteiger partial charge in [0, 0.05) is 18.3 Å². The van der Waals surface area contributed by atoms with Crippen LogP contribution in [0.15, 0.2) is 48.7 Å². The summed E-state index contributed by atoms with van der Waals surface area (Å²) in [5.74, 6) is 1.55. The minimum absolute atomic E-state index is 0.662. The highest BCUT2D eigenvalue weighted by Gasteiger charge is 2.07. The molecular weight excluding hydrogens is 264 g/mol. The van der Waals surface area contributed by atoms with Gasteiger partial charge >= 0.3 is 0 Å². The highest BCUT2D eigenvalue weighted by molar-refractivity contribution is 5.60. The van der Waals surface area contributed by atoms with Crippen LogP contribution in [0.25, 0.3) is 17.0 Å². The summed E-state index contributed by atoms with van der Waals surface area (Å²) < 4.78 is 7.52. The Bertz CT molecular complexity index is 703. The Kier molecular flexibility index (Phi) is 3.83. The van der Waals surface area contributed by atoms with Crippen molar-refractivity contribution in [2.45, 2.75) is 0 Å². The maximum atomic E-state index is 5.75. The number of aromatic nitrogens is 3. The van der Waals surface area contributed by atoms with E-state index < -0.39 is 0 Å². The number of rotatable bonds is 5. The predicted octanol–water partition coefficient (Wildman–Crippen LogP) is 2.34. The Labute approximate surface area is 123 Å². The summed E-state index contributed by atoms with van der Waals surface area (Å²) in [5.41, 5.74) is 1.80. The van der Waals surface area contributed by atoms with Crippen LogP contribution >= 0.6 is 0 Å². The van der Waals surface area contributed by atoms with Crippen molar-refractivity contribution in [3.8, 4) is 17.1 Å². The highest BCUT2D eigenvalue weighted by Crippen LogP contribution is 2.21. The number of nitrogens with zero attached hydrogens (tertiary/aromatic N) is 4. The maximum absolute atomic E-state index is 5.75. The van der Waals surface area contributed by atoms with Crippen molar-refractivity contribution in [1.82, 2.24) is 19.5 Å². The minimum Gasteiger partial charge on any atom is -0.492 e. The lowest BCUT2D eigenvalue weighted by Crippen LogP contribution is -2.19. The quantitative estimate of drug-likeness (QED) is 0.720. The molecule has 1 aromatic carbocycles. The van der Waals surface area contributed by atoms with Gasteiger partial charge in [-0.3, -0.25) is 0 Å². The lowest BCUT2D eigenvalue weighted by atomic mass is 10.2. The van der Waals surface area contributed by atoms with Gasteiger partial charge in [-0.1, -0.05) is 18.2 Å². The van der Waals surface area contributed by atoms with Gasteiger partial charge in [-0.15, -0.1) is 5.10 Å². The molecule has 5 heteroatoms. The Morgan fingerprint density at radius 3 is 2.86 bits per heavy atom. The van der Waals surface area contributed by atoms with Crippen LogP contribution in [0.5, 0.6) is 5.75 Å². The Morgan fingerprint density at radius 1 is 1.14 bits per heavy atom. The van der Waals surface area contributed by atoms with Gasteiger partial charge in [-0.05, 0) is 38.4 Å². The first-order valence-corrected chi connectivity index (χ1v) is 6.92. The molecule has 2 aromatic heterocycles. The van der Waals surface area contributed by atoms with E-state index in [-0.39, 0.29) is 0 Å². The SMILES string of the molecule is CN(C)CCOc1cccc(-c2nc3ccccn3n2)c1. The van der Waals surface area contributed by atoms with Crippen molar-refractivity contribution < 1.29 is 4.74 Å². The first kappa shape index (κ1) is 13.6. The number of likely N-dealkylation sites (N-methyl/N-ethyl adjacent to an activating group) is 1.